The SMILES string of the molecule is CCC(=Cc1cc(F)c(OCCCCOCc2ccccc2)nc1N)C(=O)O. The topological polar surface area (TPSA) is 94.7 Å². The minimum absolute atomic E-state index is 0.0230. The lowest BCUT2D eigenvalue weighted by Gasteiger charge is -2.09. The Morgan fingerprint density at radius 1 is 1.25 bits per heavy atom. The summed E-state index contributed by atoms with van der Waals surface area (Å²) in [6.07, 6.45) is 3.06. The van der Waals surface area contributed by atoms with E-state index in [0.29, 0.717) is 26.1 Å². The molecule has 0 bridgehead atoms. The highest BCUT2D eigenvalue weighted by Crippen LogP contribution is 2.23. The number of hydrogen-bond donors (Lipinski definition) is 2. The van der Waals surface area contributed by atoms with E-state index >= 15 is 0 Å². The van der Waals surface area contributed by atoms with Gasteiger partial charge in [0, 0.05) is 17.7 Å². The molecule has 28 heavy (non-hydrogen) atoms. The molecule has 3 N–H and O–H groups in total. The van der Waals surface area contributed by atoms with Gasteiger partial charge in [-0.25, -0.2) is 9.18 Å². The number of benzene rings is 1. The Bertz CT molecular complexity index is 810. The van der Waals surface area contributed by atoms with Crippen molar-refractivity contribution in [1.29, 1.82) is 0 Å². The average molecular weight is 388 g/mol. The van der Waals surface area contributed by atoms with E-state index in [-0.39, 0.29) is 29.4 Å². The number of hydrogen-bond acceptors (Lipinski definition) is 5. The third-order valence-electron chi connectivity index (χ3n) is 4.02. The molecule has 0 spiro atoms. The number of rotatable bonds is 11. The lowest BCUT2D eigenvalue weighted by atomic mass is 10.1. The summed E-state index contributed by atoms with van der Waals surface area (Å²) in [6, 6.07) is 11.0. The number of carbonyl (C=O) groups is 1. The van der Waals surface area contributed by atoms with Crippen molar-refractivity contribution in [3.63, 3.8) is 0 Å². The van der Waals surface area contributed by atoms with Gasteiger partial charge in [0.05, 0.1) is 13.2 Å². The van der Waals surface area contributed by atoms with Crippen LogP contribution in [0.4, 0.5) is 10.2 Å². The van der Waals surface area contributed by atoms with Crippen molar-refractivity contribution in [2.24, 2.45) is 0 Å². The number of ether oxygens (including phenoxy) is 2. The molecular formula is C21H25FN2O4. The number of nitrogens with two attached hydrogens (primary N) is 1. The van der Waals surface area contributed by atoms with Crippen LogP contribution in [0.15, 0.2) is 42.0 Å². The molecule has 2 rings (SSSR count). The van der Waals surface area contributed by atoms with Crippen LogP contribution >= 0.6 is 0 Å². The lowest BCUT2D eigenvalue weighted by molar-refractivity contribution is -0.132. The number of anilines is 1. The Kier molecular flexibility index (Phi) is 8.42. The van der Waals surface area contributed by atoms with Crippen molar-refractivity contribution in [3.8, 4) is 5.88 Å². The molecule has 6 nitrogen and oxygen atoms in total. The van der Waals surface area contributed by atoms with Crippen molar-refractivity contribution < 1.29 is 23.8 Å². The number of halogens is 1. The highest BCUT2D eigenvalue weighted by Gasteiger charge is 2.12. The first-order chi connectivity index (χ1) is 13.5. The zero-order valence-corrected chi connectivity index (χ0v) is 15.9. The van der Waals surface area contributed by atoms with Gasteiger partial charge in [0.1, 0.15) is 5.82 Å². The van der Waals surface area contributed by atoms with E-state index in [9.17, 15) is 9.18 Å². The van der Waals surface area contributed by atoms with Gasteiger partial charge in [-0.2, -0.15) is 4.98 Å². The fourth-order valence-corrected chi connectivity index (χ4v) is 2.46. The predicted octanol–water partition coefficient (Wildman–Crippen LogP) is 4.06. The Hall–Kier alpha value is -2.93. The van der Waals surface area contributed by atoms with Crippen molar-refractivity contribution in [2.75, 3.05) is 18.9 Å². The van der Waals surface area contributed by atoms with E-state index in [4.69, 9.17) is 20.3 Å². The van der Waals surface area contributed by atoms with Gasteiger partial charge in [-0.3, -0.25) is 0 Å². The van der Waals surface area contributed by atoms with Crippen LogP contribution in [0.3, 0.4) is 0 Å². The summed E-state index contributed by atoms with van der Waals surface area (Å²) in [7, 11) is 0. The highest BCUT2D eigenvalue weighted by atomic mass is 19.1. The van der Waals surface area contributed by atoms with E-state index in [0.717, 1.165) is 18.1 Å². The number of carboxylic acid groups (broad SMARTS) is 1. The van der Waals surface area contributed by atoms with Crippen LogP contribution in [0.1, 0.15) is 37.3 Å². The van der Waals surface area contributed by atoms with Crippen LogP contribution < -0.4 is 10.5 Å². The highest BCUT2D eigenvalue weighted by molar-refractivity contribution is 5.92. The Morgan fingerprint density at radius 3 is 2.64 bits per heavy atom. The summed E-state index contributed by atoms with van der Waals surface area (Å²) in [6.45, 7) is 3.11. The summed E-state index contributed by atoms with van der Waals surface area (Å²) in [5.74, 6) is -1.92. The van der Waals surface area contributed by atoms with Crippen LogP contribution in [0.2, 0.25) is 0 Å². The van der Waals surface area contributed by atoms with Gasteiger partial charge in [0.15, 0.2) is 5.82 Å². The first-order valence-corrected chi connectivity index (χ1v) is 9.15. The van der Waals surface area contributed by atoms with Gasteiger partial charge in [0.2, 0.25) is 0 Å². The number of carboxylic acids is 1. The minimum Gasteiger partial charge on any atom is -0.478 e. The van der Waals surface area contributed by atoms with Crippen LogP contribution in [0, 0.1) is 5.82 Å². The minimum atomic E-state index is -1.07. The van der Waals surface area contributed by atoms with E-state index in [1.807, 2.05) is 30.3 Å². The summed E-state index contributed by atoms with van der Waals surface area (Å²) in [5, 5.41) is 9.06. The zero-order valence-electron chi connectivity index (χ0n) is 15.9. The van der Waals surface area contributed by atoms with E-state index in [2.05, 4.69) is 4.98 Å². The Labute approximate surface area is 163 Å². The molecular weight excluding hydrogens is 363 g/mol. The average Bonchev–Trinajstić information content (AvgIpc) is 2.68. The molecule has 150 valence electrons. The Morgan fingerprint density at radius 2 is 1.96 bits per heavy atom. The molecule has 2 aromatic rings. The van der Waals surface area contributed by atoms with Crippen LogP contribution in [0.5, 0.6) is 5.88 Å². The number of aliphatic carboxylic acids is 1. The zero-order chi connectivity index (χ0) is 20.4. The molecule has 0 aliphatic heterocycles. The van der Waals surface area contributed by atoms with Gasteiger partial charge >= 0.3 is 5.97 Å². The second-order valence-electron chi connectivity index (χ2n) is 6.17. The summed E-state index contributed by atoms with van der Waals surface area (Å²) in [5.41, 5.74) is 7.26. The summed E-state index contributed by atoms with van der Waals surface area (Å²) >= 11 is 0. The molecule has 0 unspecified atom stereocenters. The first-order valence-electron chi connectivity index (χ1n) is 9.15. The Balaban J connectivity index is 1.78. The molecule has 0 radical (unpaired) electrons. The number of pyridine rings is 1. The smallest absolute Gasteiger partial charge is 0.331 e. The molecule has 7 heteroatoms. The van der Waals surface area contributed by atoms with Gasteiger partial charge in [0.25, 0.3) is 5.88 Å². The number of nitrogens with zero attached hydrogens (tertiary/aromatic N) is 1. The third-order valence-corrected chi connectivity index (χ3v) is 4.02. The second-order valence-corrected chi connectivity index (χ2v) is 6.17. The van der Waals surface area contributed by atoms with E-state index < -0.39 is 11.8 Å². The largest absolute Gasteiger partial charge is 0.478 e. The maximum Gasteiger partial charge on any atom is 0.331 e. The molecule has 1 aromatic carbocycles. The fourth-order valence-electron chi connectivity index (χ4n) is 2.46. The van der Waals surface area contributed by atoms with Gasteiger partial charge in [-0.1, -0.05) is 37.3 Å². The molecule has 1 heterocycles. The van der Waals surface area contributed by atoms with E-state index in [1.165, 1.54) is 6.08 Å². The number of nitrogen functional groups attached to an aromatic ring is 1. The second kappa shape index (κ2) is 11.0. The molecule has 0 aliphatic rings. The first kappa shape index (κ1) is 21.4. The normalized spacial score (nSPS) is 11.4. The van der Waals surface area contributed by atoms with Crippen molar-refractivity contribution in [3.05, 3.63) is 58.9 Å². The molecule has 0 aliphatic carbocycles. The number of unbranched alkanes of at least 4 members (excludes halogenated alkanes) is 1. The van der Waals surface area contributed by atoms with Crippen LogP contribution in [-0.2, 0) is 16.1 Å². The standard InChI is InChI=1S/C21H25FN2O4/c1-2-16(21(25)26)12-17-13-18(22)20(24-19(17)23)28-11-7-6-10-27-14-15-8-4-3-5-9-15/h3-5,8-9,12-13H,2,6-7,10-11,14H2,1H3,(H2,23,24)(H,25,26). The van der Waals surface area contributed by atoms with Crippen LogP contribution in [-0.4, -0.2) is 29.3 Å². The third kappa shape index (κ3) is 6.66. The van der Waals surface area contributed by atoms with Gasteiger partial charge in [-0.05, 0) is 37.0 Å². The van der Waals surface area contributed by atoms with Crippen molar-refractivity contribution in [2.45, 2.75) is 32.8 Å². The number of aromatic nitrogens is 1. The molecule has 0 fully saturated rings. The lowest BCUT2D eigenvalue weighted by Crippen LogP contribution is -2.06. The fraction of sp³-hybridized carbons (Fsp3) is 0.333. The van der Waals surface area contributed by atoms with Crippen LogP contribution in [0.25, 0.3) is 6.08 Å². The molecule has 1 aromatic heterocycles. The van der Waals surface area contributed by atoms with Crippen molar-refractivity contribution >= 4 is 17.9 Å². The van der Waals surface area contributed by atoms with Gasteiger partial charge in [-0.15, -0.1) is 0 Å². The maximum atomic E-state index is 14.2. The quantitative estimate of drug-likeness (QED) is 0.445. The van der Waals surface area contributed by atoms with Crippen molar-refractivity contribution in [1.82, 2.24) is 4.98 Å². The summed E-state index contributed by atoms with van der Waals surface area (Å²) < 4.78 is 25.1. The molecule has 0 saturated heterocycles. The molecule has 0 atom stereocenters. The summed E-state index contributed by atoms with van der Waals surface area (Å²) in [4.78, 5) is 15.0. The molecule has 0 saturated carbocycles. The molecule has 0 amide bonds. The maximum absolute atomic E-state index is 14.2. The predicted molar refractivity (Wildman–Crippen MR) is 105 cm³/mol. The van der Waals surface area contributed by atoms with Gasteiger partial charge < -0.3 is 20.3 Å². The monoisotopic (exact) mass is 388 g/mol. The van der Waals surface area contributed by atoms with E-state index in [1.54, 1.807) is 6.92 Å².